The Balaban J connectivity index is 1.67. The van der Waals surface area contributed by atoms with Gasteiger partial charge in [-0.3, -0.25) is 0 Å². The van der Waals surface area contributed by atoms with Crippen LogP contribution in [0.4, 0.5) is 0 Å². The second kappa shape index (κ2) is 9.38. The standard InChI is InChI=1S/C23H21BrO3/c1-26-23(25)19-10-7-17(8-11-19)9-12-20-15-21(24)13-14-22(20)27-16-18-5-3-2-4-6-18/h2-8,10-11,13-15H,9,12,16H2,1H3. The predicted octanol–water partition coefficient (Wildman–Crippen LogP) is 5.60. The number of rotatable bonds is 7. The fourth-order valence-corrected chi connectivity index (χ4v) is 3.23. The molecule has 0 aliphatic heterocycles. The molecule has 0 bridgehead atoms. The van der Waals surface area contributed by atoms with Crippen LogP contribution in [-0.4, -0.2) is 13.1 Å². The van der Waals surface area contributed by atoms with E-state index in [1.54, 1.807) is 12.1 Å². The van der Waals surface area contributed by atoms with Crippen LogP contribution in [0.1, 0.15) is 27.0 Å². The normalized spacial score (nSPS) is 10.4. The third kappa shape index (κ3) is 5.44. The van der Waals surface area contributed by atoms with Crippen LogP contribution in [0.25, 0.3) is 0 Å². The fraction of sp³-hybridized carbons (Fsp3) is 0.174. The van der Waals surface area contributed by atoms with Gasteiger partial charge in [-0.1, -0.05) is 58.4 Å². The summed E-state index contributed by atoms with van der Waals surface area (Å²) in [5, 5.41) is 0. The molecule has 0 radical (unpaired) electrons. The number of hydrogen-bond donors (Lipinski definition) is 0. The molecule has 0 unspecified atom stereocenters. The molecule has 3 aromatic rings. The molecular formula is C23H21BrO3. The number of aryl methyl sites for hydroxylation is 2. The lowest BCUT2D eigenvalue weighted by atomic mass is 10.0. The van der Waals surface area contributed by atoms with Crippen molar-refractivity contribution in [3.8, 4) is 5.75 Å². The van der Waals surface area contributed by atoms with E-state index in [4.69, 9.17) is 9.47 Å². The maximum absolute atomic E-state index is 11.5. The summed E-state index contributed by atoms with van der Waals surface area (Å²) in [7, 11) is 1.39. The van der Waals surface area contributed by atoms with Crippen molar-refractivity contribution in [1.82, 2.24) is 0 Å². The zero-order valence-electron chi connectivity index (χ0n) is 15.2. The first-order valence-electron chi connectivity index (χ1n) is 8.78. The van der Waals surface area contributed by atoms with Gasteiger partial charge in [0.1, 0.15) is 12.4 Å². The number of ether oxygens (including phenoxy) is 2. The molecule has 0 aliphatic carbocycles. The van der Waals surface area contributed by atoms with Gasteiger partial charge in [0.15, 0.2) is 0 Å². The Hall–Kier alpha value is -2.59. The molecule has 4 heteroatoms. The molecule has 0 N–H and O–H groups in total. The van der Waals surface area contributed by atoms with Gasteiger partial charge in [-0.25, -0.2) is 4.79 Å². The summed E-state index contributed by atoms with van der Waals surface area (Å²) in [6.45, 7) is 0.545. The Morgan fingerprint density at radius 2 is 1.63 bits per heavy atom. The van der Waals surface area contributed by atoms with Gasteiger partial charge < -0.3 is 9.47 Å². The Bertz CT molecular complexity index is 889. The molecule has 3 aromatic carbocycles. The van der Waals surface area contributed by atoms with E-state index in [1.807, 2.05) is 42.5 Å². The minimum absolute atomic E-state index is 0.315. The minimum atomic E-state index is -0.315. The second-order valence-corrected chi connectivity index (χ2v) is 7.13. The third-order valence-electron chi connectivity index (χ3n) is 4.32. The lowest BCUT2D eigenvalue weighted by Gasteiger charge is -2.12. The summed E-state index contributed by atoms with van der Waals surface area (Å²) in [5.74, 6) is 0.582. The van der Waals surface area contributed by atoms with Crippen LogP contribution in [0.2, 0.25) is 0 Å². The average Bonchev–Trinajstić information content (AvgIpc) is 2.72. The number of hydrogen-bond acceptors (Lipinski definition) is 3. The Morgan fingerprint density at radius 3 is 2.33 bits per heavy atom. The maximum Gasteiger partial charge on any atom is 0.337 e. The van der Waals surface area contributed by atoms with E-state index in [9.17, 15) is 4.79 Å². The fourth-order valence-electron chi connectivity index (χ4n) is 2.82. The first kappa shape index (κ1) is 19.2. The predicted molar refractivity (Wildman–Crippen MR) is 110 cm³/mol. The van der Waals surface area contributed by atoms with Crippen LogP contribution < -0.4 is 4.74 Å². The lowest BCUT2D eigenvalue weighted by molar-refractivity contribution is 0.0600. The van der Waals surface area contributed by atoms with Crippen molar-refractivity contribution < 1.29 is 14.3 Å². The smallest absolute Gasteiger partial charge is 0.337 e. The van der Waals surface area contributed by atoms with E-state index in [0.717, 1.165) is 39.8 Å². The molecule has 0 aromatic heterocycles. The highest BCUT2D eigenvalue weighted by atomic mass is 79.9. The molecular weight excluding hydrogens is 404 g/mol. The number of esters is 1. The number of benzene rings is 3. The summed E-state index contributed by atoms with van der Waals surface area (Å²) < 4.78 is 11.8. The van der Waals surface area contributed by atoms with Crippen LogP contribution in [-0.2, 0) is 24.2 Å². The molecule has 138 valence electrons. The Morgan fingerprint density at radius 1 is 0.889 bits per heavy atom. The molecule has 3 rings (SSSR count). The molecule has 3 nitrogen and oxygen atoms in total. The molecule has 0 spiro atoms. The zero-order valence-corrected chi connectivity index (χ0v) is 16.7. The lowest BCUT2D eigenvalue weighted by Crippen LogP contribution is -2.02. The van der Waals surface area contributed by atoms with Crippen molar-refractivity contribution in [2.75, 3.05) is 7.11 Å². The van der Waals surface area contributed by atoms with Gasteiger partial charge in [0, 0.05) is 4.47 Å². The number of carbonyl (C=O) groups excluding carboxylic acids is 1. The monoisotopic (exact) mass is 424 g/mol. The zero-order chi connectivity index (χ0) is 19.1. The van der Waals surface area contributed by atoms with Crippen LogP contribution in [0, 0.1) is 0 Å². The molecule has 0 fully saturated rings. The molecule has 0 aliphatic rings. The molecule has 0 heterocycles. The van der Waals surface area contributed by atoms with Gasteiger partial charge in [-0.2, -0.15) is 0 Å². The van der Waals surface area contributed by atoms with Gasteiger partial charge >= 0.3 is 5.97 Å². The minimum Gasteiger partial charge on any atom is -0.489 e. The Labute approximate surface area is 168 Å². The SMILES string of the molecule is COC(=O)c1ccc(CCc2cc(Br)ccc2OCc2ccccc2)cc1. The highest BCUT2D eigenvalue weighted by molar-refractivity contribution is 9.10. The van der Waals surface area contributed by atoms with Gasteiger partial charge in [0.25, 0.3) is 0 Å². The average molecular weight is 425 g/mol. The molecule has 27 heavy (non-hydrogen) atoms. The molecule has 0 saturated heterocycles. The van der Waals surface area contributed by atoms with E-state index < -0.39 is 0 Å². The largest absolute Gasteiger partial charge is 0.489 e. The first-order chi connectivity index (χ1) is 13.2. The summed E-state index contributed by atoms with van der Waals surface area (Å²) in [5.41, 5.74) is 4.02. The summed E-state index contributed by atoms with van der Waals surface area (Å²) >= 11 is 3.55. The highest BCUT2D eigenvalue weighted by Crippen LogP contribution is 2.26. The van der Waals surface area contributed by atoms with E-state index >= 15 is 0 Å². The Kier molecular flexibility index (Phi) is 6.66. The van der Waals surface area contributed by atoms with E-state index in [0.29, 0.717) is 12.2 Å². The molecule has 0 amide bonds. The number of carbonyl (C=O) groups is 1. The first-order valence-corrected chi connectivity index (χ1v) is 9.57. The van der Waals surface area contributed by atoms with Crippen LogP contribution in [0.5, 0.6) is 5.75 Å². The van der Waals surface area contributed by atoms with Crippen molar-refractivity contribution in [2.45, 2.75) is 19.4 Å². The van der Waals surface area contributed by atoms with E-state index in [2.05, 4.69) is 34.1 Å². The molecule has 0 atom stereocenters. The topological polar surface area (TPSA) is 35.5 Å². The van der Waals surface area contributed by atoms with Crippen molar-refractivity contribution >= 4 is 21.9 Å². The number of methoxy groups -OCH3 is 1. The summed E-state index contributed by atoms with van der Waals surface area (Å²) in [4.78, 5) is 11.5. The van der Waals surface area contributed by atoms with Crippen molar-refractivity contribution in [3.05, 3.63) is 99.5 Å². The van der Waals surface area contributed by atoms with Crippen molar-refractivity contribution in [1.29, 1.82) is 0 Å². The van der Waals surface area contributed by atoms with Crippen LogP contribution >= 0.6 is 15.9 Å². The third-order valence-corrected chi connectivity index (χ3v) is 4.81. The summed E-state index contributed by atoms with van der Waals surface area (Å²) in [6.07, 6.45) is 1.71. The highest BCUT2D eigenvalue weighted by Gasteiger charge is 2.08. The number of halogens is 1. The van der Waals surface area contributed by atoms with Gasteiger partial charge in [-0.15, -0.1) is 0 Å². The van der Waals surface area contributed by atoms with E-state index in [-0.39, 0.29) is 5.97 Å². The van der Waals surface area contributed by atoms with Crippen molar-refractivity contribution in [3.63, 3.8) is 0 Å². The van der Waals surface area contributed by atoms with Gasteiger partial charge in [0.2, 0.25) is 0 Å². The van der Waals surface area contributed by atoms with Crippen LogP contribution in [0.3, 0.4) is 0 Å². The van der Waals surface area contributed by atoms with E-state index in [1.165, 1.54) is 7.11 Å². The van der Waals surface area contributed by atoms with Gasteiger partial charge in [0.05, 0.1) is 12.7 Å². The van der Waals surface area contributed by atoms with Crippen LogP contribution in [0.15, 0.2) is 77.3 Å². The van der Waals surface area contributed by atoms with Crippen molar-refractivity contribution in [2.24, 2.45) is 0 Å². The summed E-state index contributed by atoms with van der Waals surface area (Å²) in [6, 6.07) is 23.8. The van der Waals surface area contributed by atoms with Gasteiger partial charge in [-0.05, 0) is 59.9 Å². The molecule has 0 saturated carbocycles. The maximum atomic E-state index is 11.5. The second-order valence-electron chi connectivity index (χ2n) is 6.21. The quantitative estimate of drug-likeness (QED) is 0.463.